The molecule has 0 saturated carbocycles. The fourth-order valence-electron chi connectivity index (χ4n) is 3.54. The summed E-state index contributed by atoms with van der Waals surface area (Å²) in [6.07, 6.45) is 3.63. The van der Waals surface area contributed by atoms with Crippen LogP contribution in [0.1, 0.15) is 30.1 Å². The lowest BCUT2D eigenvalue weighted by molar-refractivity contribution is -0.135. The molecular formula is C19H28Cl3N5O. The zero-order chi connectivity index (χ0) is 18.7. The van der Waals surface area contributed by atoms with Crippen LogP contribution in [0.2, 0.25) is 5.02 Å². The van der Waals surface area contributed by atoms with E-state index in [2.05, 4.69) is 28.3 Å². The van der Waals surface area contributed by atoms with Crippen LogP contribution in [0.25, 0.3) is 0 Å². The van der Waals surface area contributed by atoms with Crippen LogP contribution >= 0.6 is 36.4 Å². The maximum atomic E-state index is 12.9. The molecule has 1 aromatic heterocycles. The summed E-state index contributed by atoms with van der Waals surface area (Å²) in [4.78, 5) is 17.2. The van der Waals surface area contributed by atoms with E-state index < -0.39 is 0 Å². The Labute approximate surface area is 184 Å². The molecule has 3 rings (SSSR count). The van der Waals surface area contributed by atoms with Gasteiger partial charge in [0.2, 0.25) is 5.91 Å². The number of aromatic nitrogens is 2. The Bertz CT molecular complexity index is 762. The summed E-state index contributed by atoms with van der Waals surface area (Å²) in [5.74, 6) is 0.102. The van der Waals surface area contributed by atoms with Crippen LogP contribution < -0.4 is 5.32 Å². The monoisotopic (exact) mass is 447 g/mol. The van der Waals surface area contributed by atoms with Crippen molar-refractivity contribution in [3.05, 3.63) is 52.8 Å². The van der Waals surface area contributed by atoms with Crippen molar-refractivity contribution in [3.8, 4) is 0 Å². The van der Waals surface area contributed by atoms with Gasteiger partial charge in [0.1, 0.15) is 6.04 Å². The molecule has 156 valence electrons. The average molecular weight is 449 g/mol. The van der Waals surface area contributed by atoms with E-state index >= 15 is 0 Å². The molecule has 0 radical (unpaired) electrons. The van der Waals surface area contributed by atoms with Crippen LogP contribution in [0.5, 0.6) is 0 Å². The molecule has 28 heavy (non-hydrogen) atoms. The number of hydrogen-bond acceptors (Lipinski definition) is 4. The first-order chi connectivity index (χ1) is 12.5. The topological polar surface area (TPSA) is 53.4 Å². The highest BCUT2D eigenvalue weighted by Gasteiger charge is 2.30. The number of hydrogen-bond donors (Lipinski definition) is 1. The number of carbonyl (C=O) groups is 1. The third-order valence-corrected chi connectivity index (χ3v) is 5.47. The van der Waals surface area contributed by atoms with Gasteiger partial charge in [0, 0.05) is 56.1 Å². The van der Waals surface area contributed by atoms with E-state index in [9.17, 15) is 4.79 Å². The number of nitrogens with one attached hydrogen (secondary N) is 1. The van der Waals surface area contributed by atoms with E-state index in [4.69, 9.17) is 11.6 Å². The second-order valence-electron chi connectivity index (χ2n) is 6.73. The largest absolute Gasteiger partial charge is 0.338 e. The van der Waals surface area contributed by atoms with Gasteiger partial charge >= 0.3 is 0 Å². The molecule has 9 heteroatoms. The van der Waals surface area contributed by atoms with E-state index in [1.807, 2.05) is 43.4 Å². The van der Waals surface area contributed by atoms with Crippen molar-refractivity contribution in [3.63, 3.8) is 0 Å². The molecule has 2 heterocycles. The number of nitrogens with zero attached hydrogens (tertiary/aromatic N) is 4. The molecule has 1 saturated heterocycles. The number of likely N-dealkylation sites (N-methyl/N-ethyl adjacent to an activating group) is 1. The molecule has 0 spiro atoms. The van der Waals surface area contributed by atoms with Crippen LogP contribution in [0.4, 0.5) is 0 Å². The molecule has 1 N–H and O–H groups in total. The Morgan fingerprint density at radius 2 is 1.82 bits per heavy atom. The summed E-state index contributed by atoms with van der Waals surface area (Å²) in [5, 5.41) is 8.09. The van der Waals surface area contributed by atoms with Crippen molar-refractivity contribution in [2.45, 2.75) is 19.0 Å². The van der Waals surface area contributed by atoms with E-state index in [0.717, 1.165) is 29.2 Å². The Balaban J connectivity index is 0.00000196. The van der Waals surface area contributed by atoms with Crippen molar-refractivity contribution in [1.29, 1.82) is 0 Å². The lowest BCUT2D eigenvalue weighted by Gasteiger charge is -2.39. The lowest BCUT2D eigenvalue weighted by atomic mass is 10.1. The smallest absolute Gasteiger partial charge is 0.244 e. The van der Waals surface area contributed by atoms with Gasteiger partial charge in [-0.05, 0) is 25.6 Å². The quantitative estimate of drug-likeness (QED) is 0.764. The third-order valence-electron chi connectivity index (χ3n) is 5.12. The van der Waals surface area contributed by atoms with Crippen LogP contribution in [-0.4, -0.2) is 58.7 Å². The van der Waals surface area contributed by atoms with Gasteiger partial charge < -0.3 is 10.2 Å². The summed E-state index contributed by atoms with van der Waals surface area (Å²) in [6.45, 7) is 5.27. The van der Waals surface area contributed by atoms with Gasteiger partial charge in [-0.1, -0.05) is 29.8 Å². The Kier molecular flexibility index (Phi) is 9.74. The molecule has 2 unspecified atom stereocenters. The molecular weight excluding hydrogens is 421 g/mol. The normalized spacial score (nSPS) is 16.6. The Morgan fingerprint density at radius 3 is 2.36 bits per heavy atom. The standard InChI is InChI=1S/C19H26ClN5O.2ClH/c1-14(16-6-4-5-7-17(16)20)24-8-10-25(11-9-24)19(26)18(21-2)15-12-22-23(3)13-15;;/h4-7,12-14,18,21H,8-11H2,1-3H3;2*1H. The zero-order valence-electron chi connectivity index (χ0n) is 16.3. The van der Waals surface area contributed by atoms with Gasteiger partial charge in [-0.15, -0.1) is 24.8 Å². The van der Waals surface area contributed by atoms with E-state index in [1.165, 1.54) is 0 Å². The maximum absolute atomic E-state index is 12.9. The van der Waals surface area contributed by atoms with Crippen LogP contribution in [0, 0.1) is 0 Å². The lowest BCUT2D eigenvalue weighted by Crippen LogP contribution is -2.51. The van der Waals surface area contributed by atoms with E-state index in [-0.39, 0.29) is 42.8 Å². The molecule has 1 amide bonds. The SMILES string of the molecule is CNC(C(=O)N1CCN(C(C)c2ccccc2Cl)CC1)c1cnn(C)c1.Cl.Cl. The van der Waals surface area contributed by atoms with Gasteiger partial charge in [0.25, 0.3) is 0 Å². The number of carbonyl (C=O) groups excluding carboxylic acids is 1. The minimum absolute atomic E-state index is 0. The fraction of sp³-hybridized carbons (Fsp3) is 0.474. The number of halogens is 3. The first-order valence-electron chi connectivity index (χ1n) is 8.94. The molecule has 1 aliphatic heterocycles. The molecule has 1 aromatic carbocycles. The van der Waals surface area contributed by atoms with Gasteiger partial charge in [-0.3, -0.25) is 14.4 Å². The number of aryl methyl sites for hydroxylation is 1. The number of amides is 1. The minimum atomic E-state index is -0.351. The van der Waals surface area contributed by atoms with Crippen molar-refractivity contribution >= 4 is 42.3 Å². The second kappa shape index (κ2) is 11.0. The second-order valence-corrected chi connectivity index (χ2v) is 7.13. The van der Waals surface area contributed by atoms with Crippen molar-refractivity contribution in [1.82, 2.24) is 24.9 Å². The Hall–Kier alpha value is -1.31. The van der Waals surface area contributed by atoms with E-state index in [0.29, 0.717) is 13.1 Å². The minimum Gasteiger partial charge on any atom is -0.338 e. The highest BCUT2D eigenvalue weighted by atomic mass is 35.5. The van der Waals surface area contributed by atoms with Crippen molar-refractivity contribution < 1.29 is 4.79 Å². The Morgan fingerprint density at radius 1 is 1.18 bits per heavy atom. The highest BCUT2D eigenvalue weighted by Crippen LogP contribution is 2.28. The van der Waals surface area contributed by atoms with Crippen LogP contribution in [-0.2, 0) is 11.8 Å². The number of rotatable bonds is 5. The third kappa shape index (κ3) is 5.39. The fourth-order valence-corrected chi connectivity index (χ4v) is 3.84. The van der Waals surface area contributed by atoms with Gasteiger partial charge in [-0.2, -0.15) is 5.10 Å². The first-order valence-corrected chi connectivity index (χ1v) is 9.32. The molecule has 1 aliphatic rings. The number of piperazine rings is 1. The van der Waals surface area contributed by atoms with Crippen LogP contribution in [0.3, 0.4) is 0 Å². The summed E-state index contributed by atoms with van der Waals surface area (Å²) < 4.78 is 1.72. The first kappa shape index (κ1) is 24.7. The average Bonchev–Trinajstić information content (AvgIpc) is 3.08. The highest BCUT2D eigenvalue weighted by molar-refractivity contribution is 6.31. The van der Waals surface area contributed by atoms with E-state index in [1.54, 1.807) is 10.9 Å². The van der Waals surface area contributed by atoms with Gasteiger partial charge in [0.05, 0.1) is 6.20 Å². The number of benzene rings is 1. The predicted octanol–water partition coefficient (Wildman–Crippen LogP) is 3.08. The molecule has 0 aliphatic carbocycles. The molecule has 2 atom stereocenters. The summed E-state index contributed by atoms with van der Waals surface area (Å²) >= 11 is 6.34. The van der Waals surface area contributed by atoms with Crippen molar-refractivity contribution in [2.24, 2.45) is 7.05 Å². The van der Waals surface area contributed by atoms with Crippen molar-refractivity contribution in [2.75, 3.05) is 33.2 Å². The van der Waals surface area contributed by atoms with Gasteiger partial charge in [-0.25, -0.2) is 0 Å². The zero-order valence-corrected chi connectivity index (χ0v) is 18.7. The molecule has 1 fully saturated rings. The predicted molar refractivity (Wildman–Crippen MR) is 118 cm³/mol. The molecule has 2 aromatic rings. The van der Waals surface area contributed by atoms with Gasteiger partial charge in [0.15, 0.2) is 0 Å². The van der Waals surface area contributed by atoms with Crippen LogP contribution in [0.15, 0.2) is 36.7 Å². The summed E-state index contributed by atoms with van der Waals surface area (Å²) in [6, 6.07) is 7.85. The molecule has 6 nitrogen and oxygen atoms in total. The maximum Gasteiger partial charge on any atom is 0.244 e. The molecule has 0 bridgehead atoms. The summed E-state index contributed by atoms with van der Waals surface area (Å²) in [7, 11) is 3.67. The summed E-state index contributed by atoms with van der Waals surface area (Å²) in [5.41, 5.74) is 2.03.